The van der Waals surface area contributed by atoms with Gasteiger partial charge >= 0.3 is 0 Å². The molecule has 1 aromatic carbocycles. The standard InChI is InChI=1S/C14H22N2O/c1-5-14(17)12-6-8-13(9-7-12)16(4)11-10-15(2)3/h6-9H,5,10-11H2,1-4H3. The van der Waals surface area contributed by atoms with E-state index in [4.69, 9.17) is 0 Å². The fourth-order valence-corrected chi connectivity index (χ4v) is 1.59. The summed E-state index contributed by atoms with van der Waals surface area (Å²) in [6.45, 7) is 3.89. The molecule has 1 rings (SSSR count). The fourth-order valence-electron chi connectivity index (χ4n) is 1.59. The van der Waals surface area contributed by atoms with Crippen LogP contribution in [0.25, 0.3) is 0 Å². The van der Waals surface area contributed by atoms with Gasteiger partial charge in [-0.25, -0.2) is 0 Å². The highest BCUT2D eigenvalue weighted by molar-refractivity contribution is 5.96. The maximum Gasteiger partial charge on any atom is 0.162 e. The number of carbonyl (C=O) groups excluding carboxylic acids is 1. The summed E-state index contributed by atoms with van der Waals surface area (Å²) >= 11 is 0. The van der Waals surface area contributed by atoms with Crippen LogP contribution in [0, 0.1) is 0 Å². The number of benzene rings is 1. The first-order chi connectivity index (χ1) is 8.04. The van der Waals surface area contributed by atoms with E-state index in [9.17, 15) is 4.79 Å². The molecule has 0 atom stereocenters. The van der Waals surface area contributed by atoms with E-state index in [2.05, 4.69) is 30.9 Å². The minimum absolute atomic E-state index is 0.201. The molecule has 3 nitrogen and oxygen atoms in total. The Kier molecular flexibility index (Phi) is 5.16. The van der Waals surface area contributed by atoms with Crippen LogP contribution in [0.4, 0.5) is 5.69 Å². The number of likely N-dealkylation sites (N-methyl/N-ethyl adjacent to an activating group) is 2. The molecule has 0 unspecified atom stereocenters. The van der Waals surface area contributed by atoms with Gasteiger partial charge in [0.05, 0.1) is 0 Å². The van der Waals surface area contributed by atoms with Gasteiger partial charge in [0.2, 0.25) is 0 Å². The van der Waals surface area contributed by atoms with Crippen molar-refractivity contribution in [1.82, 2.24) is 4.90 Å². The summed E-state index contributed by atoms with van der Waals surface area (Å²) < 4.78 is 0. The molecule has 0 N–H and O–H groups in total. The highest BCUT2D eigenvalue weighted by Crippen LogP contribution is 2.14. The van der Waals surface area contributed by atoms with E-state index in [0.717, 1.165) is 24.3 Å². The van der Waals surface area contributed by atoms with Gasteiger partial charge in [-0.15, -0.1) is 0 Å². The van der Waals surface area contributed by atoms with Crippen LogP contribution in [-0.2, 0) is 0 Å². The Bertz CT molecular complexity index is 357. The van der Waals surface area contributed by atoms with Gasteiger partial charge < -0.3 is 9.80 Å². The molecule has 0 aliphatic heterocycles. The lowest BCUT2D eigenvalue weighted by molar-refractivity contribution is 0.0988. The van der Waals surface area contributed by atoms with Gasteiger partial charge in [0.15, 0.2) is 5.78 Å². The van der Waals surface area contributed by atoms with Crippen molar-refractivity contribution in [3.05, 3.63) is 29.8 Å². The van der Waals surface area contributed by atoms with E-state index in [0.29, 0.717) is 6.42 Å². The number of hydrogen-bond donors (Lipinski definition) is 0. The van der Waals surface area contributed by atoms with Crippen LogP contribution in [0.1, 0.15) is 23.7 Å². The average molecular weight is 234 g/mol. The van der Waals surface area contributed by atoms with Crippen molar-refractivity contribution >= 4 is 11.5 Å². The average Bonchev–Trinajstić information content (AvgIpc) is 2.35. The number of anilines is 1. The Hall–Kier alpha value is -1.35. The first kappa shape index (κ1) is 13.7. The monoisotopic (exact) mass is 234 g/mol. The van der Waals surface area contributed by atoms with Gasteiger partial charge in [0, 0.05) is 37.8 Å². The van der Waals surface area contributed by atoms with Gasteiger partial charge in [0.25, 0.3) is 0 Å². The Morgan fingerprint density at radius 1 is 1.06 bits per heavy atom. The number of Topliss-reactive ketones (excluding diaryl/α,β-unsaturated/α-hetero) is 1. The molecule has 0 aromatic heterocycles. The maximum absolute atomic E-state index is 11.5. The topological polar surface area (TPSA) is 23.6 Å². The van der Waals surface area contributed by atoms with Crippen LogP contribution >= 0.6 is 0 Å². The lowest BCUT2D eigenvalue weighted by Gasteiger charge is -2.21. The summed E-state index contributed by atoms with van der Waals surface area (Å²) in [7, 11) is 6.20. The lowest BCUT2D eigenvalue weighted by atomic mass is 10.1. The third kappa shape index (κ3) is 4.19. The zero-order valence-corrected chi connectivity index (χ0v) is 11.2. The first-order valence-electron chi connectivity index (χ1n) is 6.03. The van der Waals surface area contributed by atoms with Crippen LogP contribution in [0.15, 0.2) is 24.3 Å². The smallest absolute Gasteiger partial charge is 0.162 e. The first-order valence-corrected chi connectivity index (χ1v) is 6.03. The number of ketones is 1. The van der Waals surface area contributed by atoms with E-state index in [1.54, 1.807) is 0 Å². The van der Waals surface area contributed by atoms with Crippen molar-refractivity contribution in [2.75, 3.05) is 39.1 Å². The zero-order chi connectivity index (χ0) is 12.8. The molecule has 0 aliphatic rings. The molecule has 17 heavy (non-hydrogen) atoms. The molecular formula is C14H22N2O. The summed E-state index contributed by atoms with van der Waals surface area (Å²) in [6.07, 6.45) is 0.565. The molecule has 0 spiro atoms. The number of carbonyl (C=O) groups is 1. The predicted molar refractivity (Wildman–Crippen MR) is 72.9 cm³/mol. The van der Waals surface area contributed by atoms with Crippen LogP contribution < -0.4 is 4.90 Å². The molecule has 1 aromatic rings. The molecule has 0 aliphatic carbocycles. The van der Waals surface area contributed by atoms with E-state index < -0.39 is 0 Å². The van der Waals surface area contributed by atoms with Crippen LogP contribution in [0.2, 0.25) is 0 Å². The van der Waals surface area contributed by atoms with E-state index in [1.807, 2.05) is 31.2 Å². The second-order valence-electron chi connectivity index (χ2n) is 4.55. The summed E-state index contributed by atoms with van der Waals surface area (Å²) in [5, 5.41) is 0. The molecule has 0 saturated carbocycles. The van der Waals surface area contributed by atoms with Crippen LogP contribution in [0.5, 0.6) is 0 Å². The molecule has 94 valence electrons. The normalized spacial score (nSPS) is 10.6. The molecule has 0 heterocycles. The Morgan fingerprint density at radius 3 is 2.12 bits per heavy atom. The third-order valence-electron chi connectivity index (χ3n) is 2.83. The van der Waals surface area contributed by atoms with Crippen molar-refractivity contribution in [1.29, 1.82) is 0 Å². The molecule has 0 radical (unpaired) electrons. The van der Waals surface area contributed by atoms with Crippen molar-refractivity contribution in [2.24, 2.45) is 0 Å². The van der Waals surface area contributed by atoms with Crippen molar-refractivity contribution in [2.45, 2.75) is 13.3 Å². The molecular weight excluding hydrogens is 212 g/mol. The Balaban J connectivity index is 2.63. The predicted octanol–water partition coefficient (Wildman–Crippen LogP) is 2.28. The van der Waals surface area contributed by atoms with Crippen LogP contribution in [-0.4, -0.2) is 44.9 Å². The summed E-state index contributed by atoms with van der Waals surface area (Å²) in [6, 6.07) is 7.84. The van der Waals surface area contributed by atoms with Crippen LogP contribution in [0.3, 0.4) is 0 Å². The highest BCUT2D eigenvalue weighted by Gasteiger charge is 2.05. The minimum Gasteiger partial charge on any atom is -0.373 e. The molecule has 0 fully saturated rings. The second-order valence-corrected chi connectivity index (χ2v) is 4.55. The Labute approximate surface area is 104 Å². The second kappa shape index (κ2) is 6.40. The van der Waals surface area contributed by atoms with Gasteiger partial charge in [0.1, 0.15) is 0 Å². The maximum atomic E-state index is 11.5. The molecule has 0 saturated heterocycles. The van der Waals surface area contributed by atoms with Gasteiger partial charge in [-0.2, -0.15) is 0 Å². The zero-order valence-electron chi connectivity index (χ0n) is 11.2. The Morgan fingerprint density at radius 2 is 1.65 bits per heavy atom. The third-order valence-corrected chi connectivity index (χ3v) is 2.83. The van der Waals surface area contributed by atoms with E-state index in [1.165, 1.54) is 0 Å². The molecule has 0 bridgehead atoms. The molecule has 0 amide bonds. The number of rotatable bonds is 6. The SMILES string of the molecule is CCC(=O)c1ccc(N(C)CCN(C)C)cc1. The summed E-state index contributed by atoms with van der Waals surface area (Å²) in [4.78, 5) is 15.8. The van der Waals surface area contributed by atoms with Gasteiger partial charge in [-0.1, -0.05) is 6.92 Å². The van der Waals surface area contributed by atoms with Crippen molar-refractivity contribution in [3.63, 3.8) is 0 Å². The van der Waals surface area contributed by atoms with Crippen molar-refractivity contribution in [3.8, 4) is 0 Å². The number of nitrogens with zero attached hydrogens (tertiary/aromatic N) is 2. The summed E-state index contributed by atoms with van der Waals surface area (Å²) in [5.74, 6) is 0.201. The van der Waals surface area contributed by atoms with Gasteiger partial charge in [-0.3, -0.25) is 4.79 Å². The fraction of sp³-hybridized carbons (Fsp3) is 0.500. The van der Waals surface area contributed by atoms with Gasteiger partial charge in [-0.05, 0) is 38.4 Å². The molecule has 3 heteroatoms. The minimum atomic E-state index is 0.201. The van der Waals surface area contributed by atoms with E-state index >= 15 is 0 Å². The van der Waals surface area contributed by atoms with Crippen molar-refractivity contribution < 1.29 is 4.79 Å². The summed E-state index contributed by atoms with van der Waals surface area (Å²) in [5.41, 5.74) is 1.96. The quantitative estimate of drug-likeness (QED) is 0.705. The largest absolute Gasteiger partial charge is 0.373 e. The van der Waals surface area contributed by atoms with E-state index in [-0.39, 0.29) is 5.78 Å². The lowest BCUT2D eigenvalue weighted by Crippen LogP contribution is -2.28. The highest BCUT2D eigenvalue weighted by atomic mass is 16.1. The number of hydrogen-bond acceptors (Lipinski definition) is 3.